The Kier molecular flexibility index (Phi) is 7.26. The van der Waals surface area contributed by atoms with Gasteiger partial charge in [-0.1, -0.05) is 12.1 Å². The van der Waals surface area contributed by atoms with E-state index >= 15 is 0 Å². The fourth-order valence-electron chi connectivity index (χ4n) is 6.48. The molecule has 0 aliphatic carbocycles. The third kappa shape index (κ3) is 5.20. The van der Waals surface area contributed by atoms with E-state index in [1.54, 1.807) is 18.2 Å². The maximum absolute atomic E-state index is 13.2. The van der Waals surface area contributed by atoms with Crippen LogP contribution in [0, 0.1) is 0 Å². The molecule has 1 aromatic carbocycles. The van der Waals surface area contributed by atoms with Crippen molar-refractivity contribution in [2.75, 3.05) is 44.2 Å². The summed E-state index contributed by atoms with van der Waals surface area (Å²) in [6.07, 6.45) is 3.21. The van der Waals surface area contributed by atoms with Crippen molar-refractivity contribution in [3.63, 3.8) is 0 Å². The highest BCUT2D eigenvalue weighted by Crippen LogP contribution is 2.29. The lowest BCUT2D eigenvalue weighted by molar-refractivity contribution is -0.136. The zero-order valence-corrected chi connectivity index (χ0v) is 22.7. The number of fused-ring (bicyclic) bond motifs is 1. The van der Waals surface area contributed by atoms with E-state index in [9.17, 15) is 24.0 Å². The van der Waals surface area contributed by atoms with E-state index in [4.69, 9.17) is 5.73 Å². The number of nitrogens with two attached hydrogens (primary N) is 1. The summed E-state index contributed by atoms with van der Waals surface area (Å²) < 4.78 is 0. The summed E-state index contributed by atoms with van der Waals surface area (Å²) in [5.74, 6) is -1.63. The standard InChI is InChI=1S/C29H33N7O5/c30-26(38)23(35-10-8-19(17-35)33-11-13-34(14-12-33)24-3-1-2-9-31-24)16-18-4-5-20-21(15-18)29(41)36(28(20)40)22-6-7-25(37)32-27(22)39/h1-5,9,15,19,22-23H,6-8,10-14,16-17H2,(H2,30,38)(H,32,37,39). The third-order valence-corrected chi connectivity index (χ3v) is 8.70. The first kappa shape index (κ1) is 27.0. The van der Waals surface area contributed by atoms with Crippen LogP contribution in [0.25, 0.3) is 0 Å². The van der Waals surface area contributed by atoms with E-state index in [1.807, 2.05) is 24.4 Å². The Morgan fingerprint density at radius 3 is 2.46 bits per heavy atom. The van der Waals surface area contributed by atoms with Crippen LogP contribution in [0.5, 0.6) is 0 Å². The zero-order valence-electron chi connectivity index (χ0n) is 22.7. The van der Waals surface area contributed by atoms with Crippen LogP contribution in [0.1, 0.15) is 45.5 Å². The molecule has 3 fully saturated rings. The Labute approximate surface area is 237 Å². The Balaban J connectivity index is 1.10. The quantitative estimate of drug-likeness (QED) is 0.439. The van der Waals surface area contributed by atoms with Gasteiger partial charge in [0.25, 0.3) is 11.8 Å². The van der Waals surface area contributed by atoms with Crippen LogP contribution in [0.4, 0.5) is 5.82 Å². The molecule has 0 saturated carbocycles. The second kappa shape index (κ2) is 11.0. The molecule has 2 aromatic rings. The van der Waals surface area contributed by atoms with E-state index in [2.05, 4.69) is 25.0 Å². The minimum Gasteiger partial charge on any atom is -0.368 e. The summed E-state index contributed by atoms with van der Waals surface area (Å²) in [5, 5.41) is 2.20. The van der Waals surface area contributed by atoms with E-state index in [-0.39, 0.29) is 24.0 Å². The predicted octanol–water partition coefficient (Wildman–Crippen LogP) is -0.224. The number of carbonyl (C=O) groups is 5. The second-order valence-corrected chi connectivity index (χ2v) is 11.1. The number of amides is 5. The number of nitrogens with one attached hydrogen (secondary N) is 1. The zero-order chi connectivity index (χ0) is 28.7. The molecule has 0 spiro atoms. The van der Waals surface area contributed by atoms with Gasteiger partial charge in [0.2, 0.25) is 17.7 Å². The van der Waals surface area contributed by atoms with Crippen molar-refractivity contribution in [1.82, 2.24) is 25.0 Å². The highest BCUT2D eigenvalue weighted by atomic mass is 16.2. The molecule has 1 aromatic heterocycles. The van der Waals surface area contributed by atoms with Gasteiger partial charge in [-0.05, 0) is 49.1 Å². The summed E-state index contributed by atoms with van der Waals surface area (Å²) >= 11 is 0. The number of hydrogen-bond donors (Lipinski definition) is 2. The number of benzene rings is 1. The van der Waals surface area contributed by atoms with Crippen molar-refractivity contribution in [3.05, 3.63) is 59.3 Å². The lowest BCUT2D eigenvalue weighted by Crippen LogP contribution is -2.54. The number of carbonyl (C=O) groups excluding carboxylic acids is 5. The van der Waals surface area contributed by atoms with Crippen LogP contribution in [-0.4, -0.2) is 107 Å². The van der Waals surface area contributed by atoms with Gasteiger partial charge in [0.1, 0.15) is 11.9 Å². The van der Waals surface area contributed by atoms with Gasteiger partial charge in [-0.2, -0.15) is 0 Å². The van der Waals surface area contributed by atoms with Crippen LogP contribution >= 0.6 is 0 Å². The van der Waals surface area contributed by atoms with Gasteiger partial charge in [-0.15, -0.1) is 0 Å². The lowest BCUT2D eigenvalue weighted by atomic mass is 9.99. The number of rotatable bonds is 7. The number of aromatic nitrogens is 1. The van der Waals surface area contributed by atoms with Crippen molar-refractivity contribution < 1.29 is 24.0 Å². The smallest absolute Gasteiger partial charge is 0.262 e. The van der Waals surface area contributed by atoms with Crippen LogP contribution in [-0.2, 0) is 20.8 Å². The van der Waals surface area contributed by atoms with Crippen LogP contribution in [0.2, 0.25) is 0 Å². The summed E-state index contributed by atoms with van der Waals surface area (Å²) in [4.78, 5) is 75.0. The number of hydrogen-bond acceptors (Lipinski definition) is 9. The molecule has 6 rings (SSSR count). The van der Waals surface area contributed by atoms with Crippen LogP contribution < -0.4 is 16.0 Å². The maximum atomic E-state index is 13.2. The van der Waals surface area contributed by atoms with E-state index in [0.29, 0.717) is 18.0 Å². The topological polar surface area (TPSA) is 149 Å². The van der Waals surface area contributed by atoms with Crippen LogP contribution in [0.3, 0.4) is 0 Å². The molecule has 3 N–H and O–H groups in total. The molecule has 4 aliphatic rings. The van der Waals surface area contributed by atoms with Gasteiger partial charge < -0.3 is 10.6 Å². The minimum absolute atomic E-state index is 0.0616. The van der Waals surface area contributed by atoms with Gasteiger partial charge >= 0.3 is 0 Å². The summed E-state index contributed by atoms with van der Waals surface area (Å²) in [7, 11) is 0. The fourth-order valence-corrected chi connectivity index (χ4v) is 6.48. The largest absolute Gasteiger partial charge is 0.368 e. The van der Waals surface area contributed by atoms with E-state index < -0.39 is 41.6 Å². The second-order valence-electron chi connectivity index (χ2n) is 11.1. The average Bonchev–Trinajstić information content (AvgIpc) is 3.55. The first-order chi connectivity index (χ1) is 19.8. The van der Waals surface area contributed by atoms with Crippen molar-refractivity contribution in [1.29, 1.82) is 0 Å². The third-order valence-electron chi connectivity index (χ3n) is 8.70. The average molecular weight is 560 g/mol. The van der Waals surface area contributed by atoms with Crippen molar-refractivity contribution in [2.45, 2.75) is 43.8 Å². The molecule has 5 heterocycles. The van der Waals surface area contributed by atoms with Crippen molar-refractivity contribution >= 4 is 35.4 Å². The number of anilines is 1. The number of imide groups is 2. The Hall–Kier alpha value is -4.16. The van der Waals surface area contributed by atoms with Crippen molar-refractivity contribution in [2.24, 2.45) is 5.73 Å². The lowest BCUT2D eigenvalue weighted by Gasteiger charge is -2.38. The normalized spacial score (nSPS) is 24.5. The number of piperidine rings is 1. The molecule has 3 unspecified atom stereocenters. The number of pyridine rings is 1. The van der Waals surface area contributed by atoms with Crippen LogP contribution in [0.15, 0.2) is 42.6 Å². The van der Waals surface area contributed by atoms with Gasteiger partial charge in [0.05, 0.1) is 17.2 Å². The monoisotopic (exact) mass is 559 g/mol. The fraction of sp³-hybridized carbons (Fsp3) is 0.448. The molecule has 3 saturated heterocycles. The number of nitrogens with zero attached hydrogens (tertiary/aromatic N) is 5. The van der Waals surface area contributed by atoms with Gasteiger partial charge in [-0.3, -0.25) is 44.0 Å². The molecule has 0 bridgehead atoms. The first-order valence-electron chi connectivity index (χ1n) is 14.1. The molecule has 4 aliphatic heterocycles. The molecule has 214 valence electrons. The highest BCUT2D eigenvalue weighted by Gasteiger charge is 2.45. The number of likely N-dealkylation sites (tertiary alicyclic amines) is 1. The molecular formula is C29H33N7O5. The molecule has 12 nitrogen and oxygen atoms in total. The van der Waals surface area contributed by atoms with E-state index in [1.165, 1.54) is 0 Å². The number of primary amides is 1. The molecule has 41 heavy (non-hydrogen) atoms. The molecule has 3 atom stereocenters. The summed E-state index contributed by atoms with van der Waals surface area (Å²) in [6, 6.07) is 9.63. The minimum atomic E-state index is -1.02. The van der Waals surface area contributed by atoms with E-state index in [0.717, 1.165) is 56.4 Å². The summed E-state index contributed by atoms with van der Waals surface area (Å²) in [5.41, 5.74) is 7.00. The Bertz CT molecular complexity index is 1390. The predicted molar refractivity (Wildman–Crippen MR) is 148 cm³/mol. The summed E-state index contributed by atoms with van der Waals surface area (Å²) in [6.45, 7) is 5.09. The molecule has 0 radical (unpaired) electrons. The highest BCUT2D eigenvalue weighted by molar-refractivity contribution is 6.23. The molecule has 12 heteroatoms. The van der Waals surface area contributed by atoms with Crippen molar-refractivity contribution in [3.8, 4) is 0 Å². The SMILES string of the molecule is NC(=O)C(Cc1ccc2c(c1)C(=O)N(C1CCC(=O)NC1=O)C2=O)N1CCC(N2CCN(c3ccccn3)CC2)C1. The first-order valence-corrected chi connectivity index (χ1v) is 14.1. The Morgan fingerprint density at radius 2 is 1.76 bits per heavy atom. The number of piperazine rings is 1. The maximum Gasteiger partial charge on any atom is 0.262 e. The van der Waals surface area contributed by atoms with Gasteiger partial charge in [0.15, 0.2) is 0 Å². The Morgan fingerprint density at radius 1 is 0.976 bits per heavy atom. The van der Waals surface area contributed by atoms with Gasteiger partial charge in [-0.25, -0.2) is 4.98 Å². The molecule has 5 amide bonds. The van der Waals surface area contributed by atoms with Gasteiger partial charge in [0, 0.05) is 57.9 Å². The molecular weight excluding hydrogens is 526 g/mol.